The molecule has 0 spiro atoms. The number of pyridine rings is 1. The minimum absolute atomic E-state index is 0.461. The summed E-state index contributed by atoms with van der Waals surface area (Å²) in [5.41, 5.74) is 3.22. The summed E-state index contributed by atoms with van der Waals surface area (Å²) in [6.07, 6.45) is 3.48. The van der Waals surface area contributed by atoms with Gasteiger partial charge in [0.15, 0.2) is 0 Å². The molecule has 2 aromatic rings. The summed E-state index contributed by atoms with van der Waals surface area (Å²) in [6.45, 7) is 4.55. The molecule has 0 unspecified atom stereocenters. The lowest BCUT2D eigenvalue weighted by Crippen LogP contribution is -2.01. The maximum Gasteiger partial charge on any atom is 0.128 e. The number of aryl methyl sites for hydroxylation is 2. The average molecular weight is 243 g/mol. The molecule has 1 aromatic carbocycles. The molecule has 0 saturated heterocycles. The number of benzene rings is 1. The Kier molecular flexibility index (Phi) is 3.82. The predicted molar refractivity (Wildman–Crippen MR) is 71.0 cm³/mol. The lowest BCUT2D eigenvalue weighted by molar-refractivity contribution is 0.292. The molecule has 3 nitrogen and oxygen atoms in total. The van der Waals surface area contributed by atoms with Crippen LogP contribution in [0.5, 0.6) is 11.5 Å². The van der Waals surface area contributed by atoms with E-state index < -0.39 is 0 Å². The number of aromatic nitrogens is 1. The van der Waals surface area contributed by atoms with E-state index in [0.717, 1.165) is 28.2 Å². The largest absolute Gasteiger partial charge is 0.496 e. The van der Waals surface area contributed by atoms with E-state index in [-0.39, 0.29) is 0 Å². The number of ether oxygens (including phenoxy) is 2. The maximum atomic E-state index is 5.88. The average Bonchev–Trinajstić information content (AvgIpc) is 2.38. The van der Waals surface area contributed by atoms with Gasteiger partial charge in [-0.3, -0.25) is 4.98 Å². The van der Waals surface area contributed by atoms with Crippen LogP contribution in [0.3, 0.4) is 0 Å². The van der Waals surface area contributed by atoms with Crippen molar-refractivity contribution in [1.82, 2.24) is 4.98 Å². The predicted octanol–water partition coefficient (Wildman–Crippen LogP) is 3.29. The minimum Gasteiger partial charge on any atom is -0.496 e. The van der Waals surface area contributed by atoms with Gasteiger partial charge in [0.2, 0.25) is 0 Å². The van der Waals surface area contributed by atoms with Gasteiger partial charge in [-0.15, -0.1) is 0 Å². The highest BCUT2D eigenvalue weighted by Crippen LogP contribution is 2.25. The fraction of sp³-hybridized carbons (Fsp3) is 0.267. The van der Waals surface area contributed by atoms with E-state index in [0.29, 0.717) is 6.61 Å². The first kappa shape index (κ1) is 12.4. The Balaban J connectivity index is 2.16. The van der Waals surface area contributed by atoms with Crippen LogP contribution in [0.15, 0.2) is 36.7 Å². The quantitative estimate of drug-likeness (QED) is 0.825. The molecule has 0 amide bonds. The Morgan fingerprint density at radius 1 is 1.11 bits per heavy atom. The van der Waals surface area contributed by atoms with Crippen LogP contribution in [0.2, 0.25) is 0 Å². The first-order valence-corrected chi connectivity index (χ1v) is 5.88. The van der Waals surface area contributed by atoms with Gasteiger partial charge in [-0.05, 0) is 31.0 Å². The molecule has 0 bridgehead atoms. The van der Waals surface area contributed by atoms with Crippen LogP contribution in [0.1, 0.15) is 16.7 Å². The molecular formula is C15H17NO2. The van der Waals surface area contributed by atoms with Crippen LogP contribution in [0.25, 0.3) is 0 Å². The Morgan fingerprint density at radius 3 is 2.50 bits per heavy atom. The van der Waals surface area contributed by atoms with Gasteiger partial charge in [-0.25, -0.2) is 0 Å². The van der Waals surface area contributed by atoms with Crippen molar-refractivity contribution in [2.75, 3.05) is 7.11 Å². The molecule has 18 heavy (non-hydrogen) atoms. The SMILES string of the molecule is COc1ccncc1COc1c(C)cccc1C. The molecule has 3 heteroatoms. The topological polar surface area (TPSA) is 31.4 Å². The Labute approximate surface area is 107 Å². The standard InChI is InChI=1S/C15H17NO2/c1-11-5-4-6-12(2)15(11)18-10-13-9-16-8-7-14(13)17-3/h4-9H,10H2,1-3H3. The fourth-order valence-electron chi connectivity index (χ4n) is 1.90. The van der Waals surface area contributed by atoms with Gasteiger partial charge < -0.3 is 9.47 Å². The van der Waals surface area contributed by atoms with E-state index in [1.54, 1.807) is 19.5 Å². The summed E-state index contributed by atoms with van der Waals surface area (Å²) in [6, 6.07) is 7.96. The van der Waals surface area contributed by atoms with E-state index >= 15 is 0 Å². The third-order valence-electron chi connectivity index (χ3n) is 2.86. The highest BCUT2D eigenvalue weighted by Gasteiger charge is 2.06. The lowest BCUT2D eigenvalue weighted by atomic mass is 10.1. The van der Waals surface area contributed by atoms with Gasteiger partial charge in [-0.1, -0.05) is 18.2 Å². The summed E-state index contributed by atoms with van der Waals surface area (Å²) < 4.78 is 11.2. The highest BCUT2D eigenvalue weighted by atomic mass is 16.5. The zero-order chi connectivity index (χ0) is 13.0. The first-order valence-electron chi connectivity index (χ1n) is 5.88. The van der Waals surface area contributed by atoms with Crippen molar-refractivity contribution < 1.29 is 9.47 Å². The molecule has 0 saturated carbocycles. The molecule has 0 atom stereocenters. The molecule has 0 aliphatic rings. The van der Waals surface area contributed by atoms with Gasteiger partial charge in [0.1, 0.15) is 18.1 Å². The third-order valence-corrected chi connectivity index (χ3v) is 2.86. The van der Waals surface area contributed by atoms with Crippen molar-refractivity contribution in [2.24, 2.45) is 0 Å². The molecule has 1 heterocycles. The monoisotopic (exact) mass is 243 g/mol. The van der Waals surface area contributed by atoms with Crippen LogP contribution in [0.4, 0.5) is 0 Å². The van der Waals surface area contributed by atoms with Crippen molar-refractivity contribution in [3.05, 3.63) is 53.3 Å². The normalized spacial score (nSPS) is 10.2. The van der Waals surface area contributed by atoms with Crippen molar-refractivity contribution in [3.63, 3.8) is 0 Å². The fourth-order valence-corrected chi connectivity index (χ4v) is 1.90. The second-order valence-corrected chi connectivity index (χ2v) is 4.20. The van der Waals surface area contributed by atoms with Gasteiger partial charge >= 0.3 is 0 Å². The minimum atomic E-state index is 0.461. The van der Waals surface area contributed by atoms with Gasteiger partial charge in [-0.2, -0.15) is 0 Å². The summed E-state index contributed by atoms with van der Waals surface area (Å²) in [5.74, 6) is 1.74. The molecule has 0 radical (unpaired) electrons. The van der Waals surface area contributed by atoms with Crippen molar-refractivity contribution in [2.45, 2.75) is 20.5 Å². The number of rotatable bonds is 4. The lowest BCUT2D eigenvalue weighted by Gasteiger charge is -2.13. The van der Waals surface area contributed by atoms with Gasteiger partial charge in [0.05, 0.1) is 7.11 Å². The number of nitrogens with zero attached hydrogens (tertiary/aromatic N) is 1. The molecular weight excluding hydrogens is 226 g/mol. The first-order chi connectivity index (χ1) is 8.72. The molecule has 0 aliphatic heterocycles. The Hall–Kier alpha value is -2.03. The molecule has 1 aromatic heterocycles. The second-order valence-electron chi connectivity index (χ2n) is 4.20. The highest BCUT2D eigenvalue weighted by molar-refractivity contribution is 5.40. The number of methoxy groups -OCH3 is 1. The Bertz CT molecular complexity index is 518. The van der Waals surface area contributed by atoms with Crippen molar-refractivity contribution in [3.8, 4) is 11.5 Å². The third kappa shape index (κ3) is 2.62. The van der Waals surface area contributed by atoms with Gasteiger partial charge in [0.25, 0.3) is 0 Å². The molecule has 0 fully saturated rings. The second kappa shape index (κ2) is 5.54. The summed E-state index contributed by atoms with van der Waals surface area (Å²) in [5, 5.41) is 0. The van der Waals surface area contributed by atoms with E-state index in [2.05, 4.69) is 4.98 Å². The number of hydrogen-bond acceptors (Lipinski definition) is 3. The number of para-hydroxylation sites is 1. The summed E-state index contributed by atoms with van der Waals surface area (Å²) >= 11 is 0. The van der Waals surface area contributed by atoms with E-state index in [4.69, 9.17) is 9.47 Å². The molecule has 2 rings (SSSR count). The van der Waals surface area contributed by atoms with E-state index in [1.165, 1.54) is 0 Å². The molecule has 0 N–H and O–H groups in total. The maximum absolute atomic E-state index is 5.88. The summed E-state index contributed by atoms with van der Waals surface area (Å²) in [4.78, 5) is 4.09. The Morgan fingerprint density at radius 2 is 1.83 bits per heavy atom. The van der Waals surface area contributed by atoms with E-state index in [9.17, 15) is 0 Å². The smallest absolute Gasteiger partial charge is 0.128 e. The van der Waals surface area contributed by atoms with Crippen LogP contribution in [-0.2, 0) is 6.61 Å². The zero-order valence-corrected chi connectivity index (χ0v) is 10.9. The van der Waals surface area contributed by atoms with Crippen LogP contribution in [-0.4, -0.2) is 12.1 Å². The molecule has 94 valence electrons. The summed E-state index contributed by atoms with van der Waals surface area (Å²) in [7, 11) is 1.65. The van der Waals surface area contributed by atoms with Crippen LogP contribution < -0.4 is 9.47 Å². The van der Waals surface area contributed by atoms with E-state index in [1.807, 2.05) is 38.1 Å². The zero-order valence-electron chi connectivity index (χ0n) is 10.9. The van der Waals surface area contributed by atoms with Crippen LogP contribution in [0, 0.1) is 13.8 Å². The van der Waals surface area contributed by atoms with Gasteiger partial charge in [0, 0.05) is 18.0 Å². The molecule has 0 aliphatic carbocycles. The van der Waals surface area contributed by atoms with Crippen LogP contribution >= 0.6 is 0 Å². The number of hydrogen-bond donors (Lipinski definition) is 0. The van der Waals surface area contributed by atoms with Crippen molar-refractivity contribution in [1.29, 1.82) is 0 Å². The van der Waals surface area contributed by atoms with Crippen molar-refractivity contribution >= 4 is 0 Å².